The molecular formula is C18H19F2N. The number of fused-ring (bicyclic) bond motifs is 1. The predicted octanol–water partition coefficient (Wildman–Crippen LogP) is 4.08. The molecule has 0 fully saturated rings. The zero-order chi connectivity index (χ0) is 15.0. The first kappa shape index (κ1) is 14.2. The molecule has 0 spiro atoms. The molecule has 1 aliphatic carbocycles. The average molecular weight is 287 g/mol. The Labute approximate surface area is 123 Å². The standard InChI is InChI=1S/C18H19F2N/c1-11-6-9-15(17(20)16(11)19)18(21)14-8-7-12-4-2-3-5-13(12)10-14/h2-6,9,14,18H,7-8,10,21H2,1H3. The summed E-state index contributed by atoms with van der Waals surface area (Å²) in [5.41, 5.74) is 9.47. The van der Waals surface area contributed by atoms with Crippen LogP contribution < -0.4 is 5.73 Å². The van der Waals surface area contributed by atoms with Crippen LogP contribution in [0.4, 0.5) is 8.78 Å². The fourth-order valence-corrected chi connectivity index (χ4v) is 3.20. The van der Waals surface area contributed by atoms with Gasteiger partial charge in [-0.25, -0.2) is 8.78 Å². The van der Waals surface area contributed by atoms with Crippen molar-refractivity contribution in [1.29, 1.82) is 0 Å². The van der Waals surface area contributed by atoms with E-state index >= 15 is 0 Å². The van der Waals surface area contributed by atoms with Gasteiger partial charge in [0, 0.05) is 11.6 Å². The van der Waals surface area contributed by atoms with Crippen LogP contribution in [0.3, 0.4) is 0 Å². The van der Waals surface area contributed by atoms with Gasteiger partial charge < -0.3 is 5.73 Å². The minimum atomic E-state index is -0.790. The molecule has 2 aromatic rings. The third-order valence-electron chi connectivity index (χ3n) is 4.56. The van der Waals surface area contributed by atoms with Crippen molar-refractivity contribution >= 4 is 0 Å². The molecule has 21 heavy (non-hydrogen) atoms. The molecule has 2 N–H and O–H groups in total. The zero-order valence-electron chi connectivity index (χ0n) is 12.1. The van der Waals surface area contributed by atoms with E-state index in [0.717, 1.165) is 19.3 Å². The number of rotatable bonds is 2. The minimum absolute atomic E-state index is 0.150. The second-order valence-corrected chi connectivity index (χ2v) is 5.90. The maximum Gasteiger partial charge on any atom is 0.163 e. The maximum absolute atomic E-state index is 14.1. The van der Waals surface area contributed by atoms with E-state index in [4.69, 9.17) is 5.73 Å². The van der Waals surface area contributed by atoms with Crippen LogP contribution in [0.25, 0.3) is 0 Å². The summed E-state index contributed by atoms with van der Waals surface area (Å²) >= 11 is 0. The highest BCUT2D eigenvalue weighted by molar-refractivity contribution is 5.32. The fraction of sp³-hybridized carbons (Fsp3) is 0.333. The molecule has 0 saturated heterocycles. The Kier molecular flexibility index (Phi) is 3.77. The molecule has 2 atom stereocenters. The Bertz CT molecular complexity index is 666. The van der Waals surface area contributed by atoms with Crippen molar-refractivity contribution in [1.82, 2.24) is 0 Å². The van der Waals surface area contributed by atoms with Gasteiger partial charge in [-0.1, -0.05) is 36.4 Å². The van der Waals surface area contributed by atoms with Crippen molar-refractivity contribution in [3.05, 3.63) is 70.3 Å². The van der Waals surface area contributed by atoms with Crippen LogP contribution in [0.2, 0.25) is 0 Å². The molecule has 0 radical (unpaired) electrons. The highest BCUT2D eigenvalue weighted by Crippen LogP contribution is 2.34. The van der Waals surface area contributed by atoms with Crippen LogP contribution in [0.15, 0.2) is 36.4 Å². The zero-order valence-corrected chi connectivity index (χ0v) is 12.1. The summed E-state index contributed by atoms with van der Waals surface area (Å²) in [5, 5.41) is 0. The van der Waals surface area contributed by atoms with Gasteiger partial charge in [0.15, 0.2) is 11.6 Å². The van der Waals surface area contributed by atoms with Crippen LogP contribution in [0, 0.1) is 24.5 Å². The summed E-state index contributed by atoms with van der Waals surface area (Å²) < 4.78 is 27.8. The summed E-state index contributed by atoms with van der Waals surface area (Å²) in [7, 11) is 0. The number of aryl methyl sites for hydroxylation is 2. The molecule has 3 heteroatoms. The number of halogens is 2. The van der Waals surface area contributed by atoms with Crippen LogP contribution in [-0.4, -0.2) is 0 Å². The van der Waals surface area contributed by atoms with Crippen molar-refractivity contribution in [3.8, 4) is 0 Å². The largest absolute Gasteiger partial charge is 0.324 e. The molecule has 2 aromatic carbocycles. The summed E-state index contributed by atoms with van der Waals surface area (Å²) in [6.45, 7) is 1.56. The molecule has 3 rings (SSSR count). The molecule has 0 bridgehead atoms. The van der Waals surface area contributed by atoms with Gasteiger partial charge in [-0.2, -0.15) is 0 Å². The SMILES string of the molecule is Cc1ccc(C(N)C2CCc3ccccc3C2)c(F)c1F. The first-order chi connectivity index (χ1) is 10.1. The molecule has 0 aromatic heterocycles. The van der Waals surface area contributed by atoms with Gasteiger partial charge in [0.05, 0.1) is 0 Å². The van der Waals surface area contributed by atoms with Crippen LogP contribution in [0.5, 0.6) is 0 Å². The lowest BCUT2D eigenvalue weighted by Crippen LogP contribution is -2.28. The second kappa shape index (κ2) is 5.57. The van der Waals surface area contributed by atoms with Crippen molar-refractivity contribution in [2.75, 3.05) is 0 Å². The van der Waals surface area contributed by atoms with Gasteiger partial charge in [0.1, 0.15) is 0 Å². The third-order valence-corrected chi connectivity index (χ3v) is 4.56. The van der Waals surface area contributed by atoms with E-state index in [1.165, 1.54) is 11.1 Å². The average Bonchev–Trinajstić information content (AvgIpc) is 2.52. The monoisotopic (exact) mass is 287 g/mol. The highest BCUT2D eigenvalue weighted by atomic mass is 19.2. The molecule has 0 saturated carbocycles. The second-order valence-electron chi connectivity index (χ2n) is 5.90. The van der Waals surface area contributed by atoms with E-state index in [2.05, 4.69) is 12.1 Å². The molecule has 1 nitrogen and oxygen atoms in total. The Hall–Kier alpha value is -1.74. The van der Waals surface area contributed by atoms with E-state index in [1.54, 1.807) is 19.1 Å². The molecule has 1 aliphatic rings. The Morgan fingerprint density at radius 3 is 2.52 bits per heavy atom. The van der Waals surface area contributed by atoms with Crippen molar-refractivity contribution in [2.24, 2.45) is 11.7 Å². The van der Waals surface area contributed by atoms with Crippen LogP contribution in [0.1, 0.15) is 34.7 Å². The minimum Gasteiger partial charge on any atom is -0.324 e. The first-order valence-corrected chi connectivity index (χ1v) is 7.34. The van der Waals surface area contributed by atoms with Crippen LogP contribution in [-0.2, 0) is 12.8 Å². The van der Waals surface area contributed by atoms with E-state index in [-0.39, 0.29) is 5.92 Å². The number of hydrogen-bond donors (Lipinski definition) is 1. The van der Waals surface area contributed by atoms with Crippen molar-refractivity contribution in [3.63, 3.8) is 0 Å². The Morgan fingerprint density at radius 1 is 1.05 bits per heavy atom. The van der Waals surface area contributed by atoms with E-state index in [0.29, 0.717) is 11.1 Å². The number of benzene rings is 2. The van der Waals surface area contributed by atoms with Gasteiger partial charge >= 0.3 is 0 Å². The molecule has 0 heterocycles. The smallest absolute Gasteiger partial charge is 0.163 e. The molecule has 110 valence electrons. The van der Waals surface area contributed by atoms with Gasteiger partial charge in [-0.15, -0.1) is 0 Å². The first-order valence-electron chi connectivity index (χ1n) is 7.34. The lowest BCUT2D eigenvalue weighted by atomic mass is 9.78. The van der Waals surface area contributed by atoms with Crippen LogP contribution >= 0.6 is 0 Å². The van der Waals surface area contributed by atoms with E-state index in [1.807, 2.05) is 12.1 Å². The fourth-order valence-electron chi connectivity index (χ4n) is 3.20. The van der Waals surface area contributed by atoms with E-state index < -0.39 is 17.7 Å². The quantitative estimate of drug-likeness (QED) is 0.885. The van der Waals surface area contributed by atoms with Crippen molar-refractivity contribution < 1.29 is 8.78 Å². The lowest BCUT2D eigenvalue weighted by Gasteiger charge is -2.30. The van der Waals surface area contributed by atoms with Gasteiger partial charge in [-0.05, 0) is 48.8 Å². The van der Waals surface area contributed by atoms with Gasteiger partial charge in [0.2, 0.25) is 0 Å². The summed E-state index contributed by atoms with van der Waals surface area (Å²) in [6, 6.07) is 11.0. The normalized spacial score (nSPS) is 19.1. The summed E-state index contributed by atoms with van der Waals surface area (Å²) in [4.78, 5) is 0. The summed E-state index contributed by atoms with van der Waals surface area (Å²) in [5.74, 6) is -1.42. The molecule has 0 amide bonds. The lowest BCUT2D eigenvalue weighted by molar-refractivity contribution is 0.367. The topological polar surface area (TPSA) is 26.0 Å². The molecule has 0 aliphatic heterocycles. The van der Waals surface area contributed by atoms with Gasteiger partial charge in [-0.3, -0.25) is 0 Å². The maximum atomic E-state index is 14.1. The van der Waals surface area contributed by atoms with E-state index in [9.17, 15) is 8.78 Å². The van der Waals surface area contributed by atoms with Gasteiger partial charge in [0.25, 0.3) is 0 Å². The highest BCUT2D eigenvalue weighted by Gasteiger charge is 2.27. The summed E-state index contributed by atoms with van der Waals surface area (Å²) in [6.07, 6.45) is 2.68. The number of nitrogens with two attached hydrogens (primary N) is 1. The predicted molar refractivity (Wildman–Crippen MR) is 80.0 cm³/mol. The third kappa shape index (κ3) is 2.58. The Balaban J connectivity index is 1.87. The van der Waals surface area contributed by atoms with Crippen molar-refractivity contribution in [2.45, 2.75) is 32.2 Å². The molecular weight excluding hydrogens is 268 g/mol. The number of hydrogen-bond acceptors (Lipinski definition) is 1. The Morgan fingerprint density at radius 2 is 1.76 bits per heavy atom. The molecule has 2 unspecified atom stereocenters.